The fourth-order valence-electron chi connectivity index (χ4n) is 1.95. The number of aromatic nitrogens is 1. The summed E-state index contributed by atoms with van der Waals surface area (Å²) in [5.74, 6) is 1.50. The second-order valence-corrected chi connectivity index (χ2v) is 5.65. The number of hydrogen-bond acceptors (Lipinski definition) is 3. The molecule has 0 saturated heterocycles. The highest BCUT2D eigenvalue weighted by atomic mass is 35.5. The third-order valence-corrected chi connectivity index (χ3v) is 3.62. The first-order valence-corrected chi connectivity index (χ1v) is 6.97. The molecular weight excluding hydrogens is 272 g/mol. The third kappa shape index (κ3) is 2.88. The molecule has 2 aromatic rings. The van der Waals surface area contributed by atoms with Gasteiger partial charge in [-0.3, -0.25) is 0 Å². The lowest BCUT2D eigenvalue weighted by Gasteiger charge is -2.15. The van der Waals surface area contributed by atoms with E-state index in [1.54, 1.807) is 6.20 Å². The number of hydrogen-bond donors (Lipinski definition) is 1. The second-order valence-electron chi connectivity index (χ2n) is 5.24. The highest BCUT2D eigenvalue weighted by Gasteiger charge is 2.13. The second kappa shape index (κ2) is 5.71. The SMILES string of the molecule is Cc1cc(Cl)c(C(C)C)cc1Oc1nccc(C)c1N. The van der Waals surface area contributed by atoms with Crippen LogP contribution in [0.1, 0.15) is 36.5 Å². The summed E-state index contributed by atoms with van der Waals surface area (Å²) in [6.45, 7) is 8.08. The van der Waals surface area contributed by atoms with Crippen LogP contribution in [0.3, 0.4) is 0 Å². The van der Waals surface area contributed by atoms with Crippen molar-refractivity contribution in [1.82, 2.24) is 4.98 Å². The smallest absolute Gasteiger partial charge is 0.242 e. The van der Waals surface area contributed by atoms with Gasteiger partial charge in [0, 0.05) is 11.2 Å². The maximum absolute atomic E-state index is 6.26. The zero-order valence-electron chi connectivity index (χ0n) is 12.2. The minimum atomic E-state index is 0.327. The van der Waals surface area contributed by atoms with E-state index in [1.165, 1.54) is 0 Å². The standard InChI is InChI=1S/C16H19ClN2O/c1-9(2)12-8-14(11(4)7-13(12)17)20-16-15(18)10(3)5-6-19-16/h5-9H,18H2,1-4H3. The van der Waals surface area contributed by atoms with Crippen LogP contribution in [-0.4, -0.2) is 4.98 Å². The van der Waals surface area contributed by atoms with Gasteiger partial charge in [0.2, 0.25) is 5.88 Å². The van der Waals surface area contributed by atoms with Crippen LogP contribution in [0.4, 0.5) is 5.69 Å². The third-order valence-electron chi connectivity index (χ3n) is 3.29. The number of nitrogens with two attached hydrogens (primary N) is 1. The van der Waals surface area contributed by atoms with Gasteiger partial charge in [-0.2, -0.15) is 0 Å². The highest BCUT2D eigenvalue weighted by Crippen LogP contribution is 2.35. The van der Waals surface area contributed by atoms with Crippen LogP contribution in [0.2, 0.25) is 5.02 Å². The molecule has 0 atom stereocenters. The lowest BCUT2D eigenvalue weighted by molar-refractivity contribution is 0.460. The molecule has 0 bridgehead atoms. The van der Waals surface area contributed by atoms with E-state index in [9.17, 15) is 0 Å². The van der Waals surface area contributed by atoms with Gasteiger partial charge in [-0.1, -0.05) is 25.4 Å². The van der Waals surface area contributed by atoms with E-state index in [4.69, 9.17) is 22.1 Å². The minimum Gasteiger partial charge on any atom is -0.437 e. The summed E-state index contributed by atoms with van der Waals surface area (Å²) < 4.78 is 5.87. The summed E-state index contributed by atoms with van der Waals surface area (Å²) in [7, 11) is 0. The van der Waals surface area contributed by atoms with E-state index < -0.39 is 0 Å². The summed E-state index contributed by atoms with van der Waals surface area (Å²) in [4.78, 5) is 4.19. The number of ether oxygens (including phenoxy) is 1. The van der Waals surface area contributed by atoms with Gasteiger partial charge in [-0.25, -0.2) is 4.98 Å². The van der Waals surface area contributed by atoms with Gasteiger partial charge in [0.05, 0.1) is 5.69 Å². The Bertz CT molecular complexity index is 639. The predicted octanol–water partition coefficient (Wildman–Crippen LogP) is 4.85. The average molecular weight is 291 g/mol. The average Bonchev–Trinajstić information content (AvgIpc) is 2.37. The Balaban J connectivity index is 2.43. The Kier molecular flexibility index (Phi) is 4.19. The van der Waals surface area contributed by atoms with Gasteiger partial charge < -0.3 is 10.5 Å². The molecule has 0 aliphatic carbocycles. The van der Waals surface area contributed by atoms with Crippen molar-refractivity contribution >= 4 is 17.3 Å². The molecule has 0 aliphatic heterocycles. The zero-order valence-corrected chi connectivity index (χ0v) is 13.0. The molecule has 1 aromatic carbocycles. The fraction of sp³-hybridized carbons (Fsp3) is 0.312. The molecule has 0 aliphatic rings. The molecule has 0 amide bonds. The number of rotatable bonds is 3. The van der Waals surface area contributed by atoms with Crippen LogP contribution in [-0.2, 0) is 0 Å². The molecule has 0 radical (unpaired) electrons. The van der Waals surface area contributed by atoms with Gasteiger partial charge in [-0.05, 0) is 54.7 Å². The molecule has 2 N–H and O–H groups in total. The van der Waals surface area contributed by atoms with Gasteiger partial charge in [0.25, 0.3) is 0 Å². The van der Waals surface area contributed by atoms with Crippen LogP contribution in [0.15, 0.2) is 24.4 Å². The molecule has 1 heterocycles. The number of aryl methyl sites for hydroxylation is 2. The van der Waals surface area contributed by atoms with Crippen molar-refractivity contribution in [2.45, 2.75) is 33.6 Å². The zero-order chi connectivity index (χ0) is 14.9. The molecule has 0 fully saturated rings. The molecular formula is C16H19ClN2O. The molecule has 0 spiro atoms. The monoisotopic (exact) mass is 290 g/mol. The van der Waals surface area contributed by atoms with Crippen molar-refractivity contribution < 1.29 is 4.74 Å². The number of benzene rings is 1. The summed E-state index contributed by atoms with van der Waals surface area (Å²) in [6, 6.07) is 5.74. The van der Waals surface area contributed by atoms with Gasteiger partial charge >= 0.3 is 0 Å². The lowest BCUT2D eigenvalue weighted by atomic mass is 10.0. The molecule has 3 nitrogen and oxygen atoms in total. The molecule has 20 heavy (non-hydrogen) atoms. The van der Waals surface area contributed by atoms with Crippen LogP contribution in [0.25, 0.3) is 0 Å². The Morgan fingerprint density at radius 1 is 1.20 bits per heavy atom. The number of nitrogen functional groups attached to an aromatic ring is 1. The summed E-state index contributed by atoms with van der Waals surface area (Å²) in [5, 5.41) is 0.759. The molecule has 1 aromatic heterocycles. The minimum absolute atomic E-state index is 0.327. The Morgan fingerprint density at radius 3 is 2.55 bits per heavy atom. The topological polar surface area (TPSA) is 48.1 Å². The van der Waals surface area contributed by atoms with E-state index in [-0.39, 0.29) is 0 Å². The number of anilines is 1. The maximum atomic E-state index is 6.26. The highest BCUT2D eigenvalue weighted by molar-refractivity contribution is 6.31. The summed E-state index contributed by atoms with van der Waals surface area (Å²) in [5.41, 5.74) is 9.52. The first kappa shape index (κ1) is 14.7. The van der Waals surface area contributed by atoms with Crippen molar-refractivity contribution in [2.24, 2.45) is 0 Å². The van der Waals surface area contributed by atoms with Gasteiger partial charge in [0.1, 0.15) is 5.75 Å². The molecule has 4 heteroatoms. The van der Waals surface area contributed by atoms with Crippen LogP contribution in [0, 0.1) is 13.8 Å². The molecule has 0 saturated carbocycles. The molecule has 106 valence electrons. The number of halogens is 1. The van der Waals surface area contributed by atoms with Crippen molar-refractivity contribution in [3.63, 3.8) is 0 Å². The fourth-order valence-corrected chi connectivity index (χ4v) is 2.39. The van der Waals surface area contributed by atoms with Crippen LogP contribution in [0.5, 0.6) is 11.6 Å². The van der Waals surface area contributed by atoms with Crippen molar-refractivity contribution in [1.29, 1.82) is 0 Å². The Hall–Kier alpha value is -1.74. The quantitative estimate of drug-likeness (QED) is 0.879. The summed E-state index contributed by atoms with van der Waals surface area (Å²) >= 11 is 6.26. The van der Waals surface area contributed by atoms with Gasteiger partial charge in [-0.15, -0.1) is 0 Å². The van der Waals surface area contributed by atoms with Crippen molar-refractivity contribution in [3.05, 3.63) is 46.1 Å². The first-order valence-electron chi connectivity index (χ1n) is 6.59. The van der Waals surface area contributed by atoms with E-state index in [0.29, 0.717) is 17.5 Å². The van der Waals surface area contributed by atoms with Crippen LogP contribution >= 0.6 is 11.6 Å². The summed E-state index contributed by atoms with van der Waals surface area (Å²) in [6.07, 6.45) is 1.69. The number of pyridine rings is 1. The first-order chi connectivity index (χ1) is 9.40. The van der Waals surface area contributed by atoms with E-state index in [2.05, 4.69) is 18.8 Å². The molecule has 2 rings (SSSR count). The Labute approximate surface area is 124 Å². The predicted molar refractivity (Wildman–Crippen MR) is 83.7 cm³/mol. The lowest BCUT2D eigenvalue weighted by Crippen LogP contribution is -1.99. The maximum Gasteiger partial charge on any atom is 0.242 e. The van der Waals surface area contributed by atoms with Gasteiger partial charge in [0.15, 0.2) is 0 Å². The van der Waals surface area contributed by atoms with Crippen LogP contribution < -0.4 is 10.5 Å². The largest absolute Gasteiger partial charge is 0.437 e. The van der Waals surface area contributed by atoms with Crippen molar-refractivity contribution in [3.8, 4) is 11.6 Å². The van der Waals surface area contributed by atoms with E-state index >= 15 is 0 Å². The van der Waals surface area contributed by atoms with Crippen molar-refractivity contribution in [2.75, 3.05) is 5.73 Å². The molecule has 0 unspecified atom stereocenters. The normalized spacial score (nSPS) is 10.9. The Morgan fingerprint density at radius 2 is 1.90 bits per heavy atom. The van der Waals surface area contributed by atoms with E-state index in [0.717, 1.165) is 27.5 Å². The number of nitrogens with zero attached hydrogens (tertiary/aromatic N) is 1. The van der Waals surface area contributed by atoms with E-state index in [1.807, 2.05) is 32.0 Å².